The summed E-state index contributed by atoms with van der Waals surface area (Å²) in [4.78, 5) is 0. The number of rotatable bonds is 5. The van der Waals surface area contributed by atoms with Crippen LogP contribution in [0.25, 0.3) is 0 Å². The summed E-state index contributed by atoms with van der Waals surface area (Å²) in [6, 6.07) is 8.23. The minimum absolute atomic E-state index is 0.185. The van der Waals surface area contributed by atoms with Crippen molar-refractivity contribution >= 4 is 11.6 Å². The second kappa shape index (κ2) is 6.02. The van der Waals surface area contributed by atoms with Crippen molar-refractivity contribution in [3.8, 4) is 0 Å². The summed E-state index contributed by atoms with van der Waals surface area (Å²) < 4.78 is 0. The topological polar surface area (TPSA) is 32.3 Å². The van der Waals surface area contributed by atoms with Gasteiger partial charge < -0.3 is 10.4 Å². The molecule has 0 aliphatic heterocycles. The highest BCUT2D eigenvalue weighted by Gasteiger charge is 2.01. The van der Waals surface area contributed by atoms with E-state index in [9.17, 15) is 0 Å². The Morgan fingerprint density at radius 1 is 1.36 bits per heavy atom. The number of hydrogen-bond donors (Lipinski definition) is 2. The highest BCUT2D eigenvalue weighted by Crippen LogP contribution is 2.10. The molecular weight excluding hydrogens is 198 g/mol. The van der Waals surface area contributed by atoms with Crippen LogP contribution in [0.15, 0.2) is 24.3 Å². The first kappa shape index (κ1) is 11.5. The van der Waals surface area contributed by atoms with Crippen molar-refractivity contribution in [1.82, 2.24) is 5.32 Å². The zero-order valence-electron chi connectivity index (χ0n) is 8.33. The first-order valence-corrected chi connectivity index (χ1v) is 5.19. The van der Waals surface area contributed by atoms with Crippen molar-refractivity contribution in [3.63, 3.8) is 0 Å². The highest BCUT2D eigenvalue weighted by atomic mass is 35.5. The van der Waals surface area contributed by atoms with E-state index in [4.69, 9.17) is 16.7 Å². The van der Waals surface area contributed by atoms with E-state index in [1.54, 1.807) is 0 Å². The number of nitrogens with one attached hydrogen (secondary N) is 1. The van der Waals surface area contributed by atoms with Crippen molar-refractivity contribution in [2.24, 2.45) is 0 Å². The number of benzene rings is 1. The fraction of sp³-hybridized carbons (Fsp3) is 0.455. The molecule has 0 saturated carbocycles. The van der Waals surface area contributed by atoms with Gasteiger partial charge in [-0.25, -0.2) is 0 Å². The first-order chi connectivity index (χ1) is 6.72. The van der Waals surface area contributed by atoms with Gasteiger partial charge in [0.05, 0.1) is 6.61 Å². The summed E-state index contributed by atoms with van der Waals surface area (Å²) in [5.41, 5.74) is 1.26. The molecule has 0 fully saturated rings. The van der Waals surface area contributed by atoms with E-state index >= 15 is 0 Å². The summed E-state index contributed by atoms with van der Waals surface area (Å²) in [5.74, 6) is 0. The Kier molecular flexibility index (Phi) is 4.94. The monoisotopic (exact) mass is 213 g/mol. The third-order valence-corrected chi connectivity index (χ3v) is 2.31. The average molecular weight is 214 g/mol. The molecule has 0 radical (unpaired) electrons. The number of aliphatic hydroxyl groups excluding tert-OH is 1. The van der Waals surface area contributed by atoms with E-state index in [0.717, 1.165) is 11.4 Å². The Bertz CT molecular complexity index is 260. The molecule has 1 aromatic carbocycles. The lowest BCUT2D eigenvalue weighted by Crippen LogP contribution is -2.30. The number of halogens is 1. The predicted octanol–water partition coefficient (Wildman–Crippen LogP) is 1.85. The molecule has 1 rings (SSSR count). The summed E-state index contributed by atoms with van der Waals surface area (Å²) in [6.45, 7) is 2.93. The molecule has 0 aliphatic carbocycles. The second-order valence-corrected chi connectivity index (χ2v) is 3.85. The second-order valence-electron chi connectivity index (χ2n) is 3.41. The van der Waals surface area contributed by atoms with E-state index in [1.807, 2.05) is 24.3 Å². The fourth-order valence-electron chi connectivity index (χ4n) is 1.36. The zero-order chi connectivity index (χ0) is 10.4. The maximum atomic E-state index is 8.64. The van der Waals surface area contributed by atoms with E-state index in [-0.39, 0.29) is 6.61 Å². The molecule has 2 N–H and O–H groups in total. The van der Waals surface area contributed by atoms with Crippen LogP contribution in [0, 0.1) is 0 Å². The van der Waals surface area contributed by atoms with Crippen molar-refractivity contribution in [2.45, 2.75) is 19.4 Å². The van der Waals surface area contributed by atoms with Crippen molar-refractivity contribution in [2.75, 3.05) is 13.2 Å². The summed E-state index contributed by atoms with van der Waals surface area (Å²) >= 11 is 5.78. The van der Waals surface area contributed by atoms with Crippen LogP contribution >= 0.6 is 11.6 Å². The Hall–Kier alpha value is -0.570. The zero-order valence-corrected chi connectivity index (χ0v) is 9.09. The molecule has 1 aromatic rings. The molecule has 0 saturated heterocycles. The van der Waals surface area contributed by atoms with Gasteiger partial charge in [-0.3, -0.25) is 0 Å². The van der Waals surface area contributed by atoms with Gasteiger partial charge >= 0.3 is 0 Å². The van der Waals surface area contributed by atoms with Gasteiger partial charge in [-0.05, 0) is 31.0 Å². The summed E-state index contributed by atoms with van der Waals surface area (Å²) in [6.07, 6.45) is 0.956. The van der Waals surface area contributed by atoms with Gasteiger partial charge in [0.1, 0.15) is 0 Å². The van der Waals surface area contributed by atoms with Crippen LogP contribution in [-0.2, 0) is 6.42 Å². The van der Waals surface area contributed by atoms with E-state index in [1.165, 1.54) is 5.56 Å². The molecule has 2 nitrogen and oxygen atoms in total. The Morgan fingerprint density at radius 3 is 2.57 bits per heavy atom. The third kappa shape index (κ3) is 4.09. The largest absolute Gasteiger partial charge is 0.395 e. The average Bonchev–Trinajstić information content (AvgIpc) is 2.18. The standard InChI is InChI=1S/C11H16ClNO/c1-9(13-6-7-14)8-10-2-4-11(12)5-3-10/h2-5,9,13-14H,6-8H2,1H3. The number of aliphatic hydroxyl groups is 1. The highest BCUT2D eigenvalue weighted by molar-refractivity contribution is 6.30. The van der Waals surface area contributed by atoms with Crippen molar-refractivity contribution in [3.05, 3.63) is 34.9 Å². The molecule has 0 aliphatic rings. The smallest absolute Gasteiger partial charge is 0.0556 e. The lowest BCUT2D eigenvalue weighted by atomic mass is 10.1. The molecule has 1 atom stereocenters. The number of hydrogen-bond acceptors (Lipinski definition) is 2. The van der Waals surface area contributed by atoms with Gasteiger partial charge in [0, 0.05) is 17.6 Å². The molecule has 0 amide bonds. The third-order valence-electron chi connectivity index (χ3n) is 2.06. The summed E-state index contributed by atoms with van der Waals surface area (Å²) in [7, 11) is 0. The van der Waals surface area contributed by atoms with Gasteiger partial charge in [0.2, 0.25) is 0 Å². The minimum atomic E-state index is 0.185. The van der Waals surface area contributed by atoms with Crippen molar-refractivity contribution in [1.29, 1.82) is 0 Å². The van der Waals surface area contributed by atoms with Gasteiger partial charge in [-0.15, -0.1) is 0 Å². The molecule has 1 unspecified atom stereocenters. The first-order valence-electron chi connectivity index (χ1n) is 4.81. The Balaban J connectivity index is 2.39. The summed E-state index contributed by atoms with van der Waals surface area (Å²) in [5, 5.41) is 12.6. The molecule has 0 bridgehead atoms. The SMILES string of the molecule is CC(Cc1ccc(Cl)cc1)NCCO. The molecular formula is C11H16ClNO. The molecule has 78 valence electrons. The van der Waals surface area contributed by atoms with E-state index in [0.29, 0.717) is 12.6 Å². The Labute approximate surface area is 89.9 Å². The quantitative estimate of drug-likeness (QED) is 0.783. The maximum absolute atomic E-state index is 8.64. The maximum Gasteiger partial charge on any atom is 0.0556 e. The van der Waals surface area contributed by atoms with Crippen LogP contribution in [0.5, 0.6) is 0 Å². The molecule has 0 heterocycles. The molecule has 14 heavy (non-hydrogen) atoms. The van der Waals surface area contributed by atoms with E-state index < -0.39 is 0 Å². The van der Waals surface area contributed by atoms with Crippen LogP contribution in [0.4, 0.5) is 0 Å². The lowest BCUT2D eigenvalue weighted by Gasteiger charge is -2.12. The predicted molar refractivity (Wildman–Crippen MR) is 59.7 cm³/mol. The van der Waals surface area contributed by atoms with Crippen LogP contribution in [0.1, 0.15) is 12.5 Å². The minimum Gasteiger partial charge on any atom is -0.395 e. The van der Waals surface area contributed by atoms with Gasteiger partial charge in [0.15, 0.2) is 0 Å². The van der Waals surface area contributed by atoms with Crippen LogP contribution in [0.2, 0.25) is 5.02 Å². The van der Waals surface area contributed by atoms with Crippen LogP contribution in [0.3, 0.4) is 0 Å². The fourth-order valence-corrected chi connectivity index (χ4v) is 1.48. The van der Waals surface area contributed by atoms with Crippen molar-refractivity contribution < 1.29 is 5.11 Å². The van der Waals surface area contributed by atoms with Gasteiger partial charge in [-0.2, -0.15) is 0 Å². The molecule has 3 heteroatoms. The molecule has 0 spiro atoms. The van der Waals surface area contributed by atoms with Crippen LogP contribution < -0.4 is 5.32 Å². The lowest BCUT2D eigenvalue weighted by molar-refractivity contribution is 0.285. The molecule has 0 aromatic heterocycles. The normalized spacial score (nSPS) is 12.8. The van der Waals surface area contributed by atoms with Crippen LogP contribution in [-0.4, -0.2) is 24.3 Å². The van der Waals surface area contributed by atoms with Gasteiger partial charge in [-0.1, -0.05) is 23.7 Å². The van der Waals surface area contributed by atoms with E-state index in [2.05, 4.69) is 12.2 Å². The van der Waals surface area contributed by atoms with Gasteiger partial charge in [0.25, 0.3) is 0 Å². The Morgan fingerprint density at radius 2 is 2.00 bits per heavy atom.